The highest BCUT2D eigenvalue weighted by molar-refractivity contribution is 14.0. The SMILES string of the molecule is CCNC(=NCc1ccccc1CN1CCOCC1)NCC1CCN(CC(F)(F)F)C1.I. The Bertz CT molecular complexity index is 713. The van der Waals surface area contributed by atoms with Crippen LogP contribution < -0.4 is 10.6 Å². The fraction of sp³-hybridized carbons (Fsp3) is 0.682. The van der Waals surface area contributed by atoms with E-state index >= 15 is 0 Å². The Morgan fingerprint density at radius 3 is 2.50 bits per heavy atom. The second-order valence-electron chi connectivity index (χ2n) is 8.24. The monoisotopic (exact) mass is 569 g/mol. The van der Waals surface area contributed by atoms with Crippen LogP contribution in [0, 0.1) is 5.92 Å². The molecule has 2 N–H and O–H groups in total. The van der Waals surface area contributed by atoms with Gasteiger partial charge in [-0.3, -0.25) is 9.80 Å². The standard InChI is InChI=1S/C22H34F3N5O.HI/c1-2-26-21(27-13-18-7-8-30(15-18)17-22(23,24)25)28-14-19-5-3-4-6-20(19)16-29-9-11-31-12-10-29;/h3-6,18H,2,7-17H2,1H3,(H2,26,27,28);1H. The lowest BCUT2D eigenvalue weighted by atomic mass is 10.1. The van der Waals surface area contributed by atoms with Crippen LogP contribution in [-0.2, 0) is 17.8 Å². The lowest BCUT2D eigenvalue weighted by molar-refractivity contribution is -0.143. The number of nitrogens with one attached hydrogen (secondary N) is 2. The highest BCUT2D eigenvalue weighted by Crippen LogP contribution is 2.22. The second-order valence-corrected chi connectivity index (χ2v) is 8.24. The molecule has 182 valence electrons. The molecule has 0 aromatic heterocycles. The molecule has 1 aromatic rings. The minimum Gasteiger partial charge on any atom is -0.379 e. The van der Waals surface area contributed by atoms with Gasteiger partial charge in [0.25, 0.3) is 0 Å². The van der Waals surface area contributed by atoms with Crippen molar-refractivity contribution in [1.29, 1.82) is 0 Å². The molecule has 2 aliphatic heterocycles. The molecule has 3 rings (SSSR count). The highest BCUT2D eigenvalue weighted by Gasteiger charge is 2.34. The fourth-order valence-electron chi connectivity index (χ4n) is 4.09. The van der Waals surface area contributed by atoms with Crippen molar-refractivity contribution in [3.8, 4) is 0 Å². The van der Waals surface area contributed by atoms with Gasteiger partial charge in [0, 0.05) is 39.3 Å². The average molecular weight is 569 g/mol. The summed E-state index contributed by atoms with van der Waals surface area (Å²) in [4.78, 5) is 8.61. The van der Waals surface area contributed by atoms with Crippen molar-refractivity contribution in [2.24, 2.45) is 10.9 Å². The summed E-state index contributed by atoms with van der Waals surface area (Å²) in [6.07, 6.45) is -3.36. The number of ether oxygens (including phenoxy) is 1. The Kier molecular flexibility index (Phi) is 11.5. The molecule has 2 heterocycles. The van der Waals surface area contributed by atoms with Crippen LogP contribution in [0.3, 0.4) is 0 Å². The summed E-state index contributed by atoms with van der Waals surface area (Å²) in [5, 5.41) is 6.57. The summed E-state index contributed by atoms with van der Waals surface area (Å²) in [7, 11) is 0. The largest absolute Gasteiger partial charge is 0.401 e. The Labute approximate surface area is 206 Å². The first-order chi connectivity index (χ1) is 14.9. The number of guanidine groups is 1. The molecular weight excluding hydrogens is 534 g/mol. The summed E-state index contributed by atoms with van der Waals surface area (Å²) >= 11 is 0. The van der Waals surface area contributed by atoms with E-state index in [1.165, 1.54) is 16.0 Å². The molecule has 0 amide bonds. The molecule has 32 heavy (non-hydrogen) atoms. The van der Waals surface area contributed by atoms with Crippen molar-refractivity contribution in [2.45, 2.75) is 32.6 Å². The number of hydrogen-bond donors (Lipinski definition) is 2. The van der Waals surface area contributed by atoms with E-state index in [1.54, 1.807) is 0 Å². The number of nitrogens with zero attached hydrogens (tertiary/aromatic N) is 3. The molecule has 1 unspecified atom stereocenters. The van der Waals surface area contributed by atoms with Gasteiger partial charge in [-0.25, -0.2) is 4.99 Å². The van der Waals surface area contributed by atoms with Crippen LogP contribution in [0.4, 0.5) is 13.2 Å². The first-order valence-electron chi connectivity index (χ1n) is 11.1. The number of benzene rings is 1. The zero-order valence-electron chi connectivity index (χ0n) is 18.7. The summed E-state index contributed by atoms with van der Waals surface area (Å²) in [6, 6.07) is 8.34. The van der Waals surface area contributed by atoms with E-state index in [1.807, 2.05) is 13.0 Å². The minimum atomic E-state index is -4.13. The number of morpholine rings is 1. The van der Waals surface area contributed by atoms with Gasteiger partial charge < -0.3 is 15.4 Å². The van der Waals surface area contributed by atoms with Gasteiger partial charge in [0.2, 0.25) is 0 Å². The van der Waals surface area contributed by atoms with Gasteiger partial charge in [0.15, 0.2) is 5.96 Å². The second kappa shape index (κ2) is 13.6. The zero-order valence-corrected chi connectivity index (χ0v) is 21.0. The molecule has 0 aliphatic carbocycles. The lowest BCUT2D eigenvalue weighted by Gasteiger charge is -2.27. The molecule has 0 bridgehead atoms. The van der Waals surface area contributed by atoms with Crippen LogP contribution in [0.15, 0.2) is 29.3 Å². The predicted molar refractivity (Wildman–Crippen MR) is 131 cm³/mol. The van der Waals surface area contributed by atoms with Gasteiger partial charge in [-0.05, 0) is 36.9 Å². The Morgan fingerprint density at radius 1 is 1.09 bits per heavy atom. The van der Waals surface area contributed by atoms with Crippen LogP contribution in [-0.4, -0.2) is 81.0 Å². The molecule has 1 atom stereocenters. The third kappa shape index (κ3) is 9.40. The van der Waals surface area contributed by atoms with Crippen molar-refractivity contribution in [3.05, 3.63) is 35.4 Å². The van der Waals surface area contributed by atoms with Gasteiger partial charge in [-0.1, -0.05) is 24.3 Å². The maximum absolute atomic E-state index is 12.6. The number of halogens is 4. The number of aliphatic imine (C=N–C) groups is 1. The first kappa shape index (κ1) is 27.1. The molecule has 10 heteroatoms. The molecule has 0 spiro atoms. The topological polar surface area (TPSA) is 52.1 Å². The van der Waals surface area contributed by atoms with Gasteiger partial charge in [0.05, 0.1) is 26.3 Å². The van der Waals surface area contributed by atoms with Gasteiger partial charge >= 0.3 is 6.18 Å². The maximum Gasteiger partial charge on any atom is 0.401 e. The molecule has 2 fully saturated rings. The van der Waals surface area contributed by atoms with Crippen molar-refractivity contribution in [1.82, 2.24) is 20.4 Å². The Hall–Kier alpha value is -1.11. The molecule has 6 nitrogen and oxygen atoms in total. The Balaban J connectivity index is 0.00000363. The van der Waals surface area contributed by atoms with Crippen LogP contribution in [0.25, 0.3) is 0 Å². The lowest BCUT2D eigenvalue weighted by Crippen LogP contribution is -2.40. The Morgan fingerprint density at radius 2 is 1.81 bits per heavy atom. The van der Waals surface area contributed by atoms with E-state index in [0.29, 0.717) is 32.1 Å². The minimum absolute atomic E-state index is 0. The molecule has 2 aliphatic rings. The molecule has 0 radical (unpaired) electrons. The first-order valence-corrected chi connectivity index (χ1v) is 11.1. The third-order valence-electron chi connectivity index (χ3n) is 5.70. The number of likely N-dealkylation sites (tertiary alicyclic amines) is 1. The van der Waals surface area contributed by atoms with Crippen molar-refractivity contribution < 1.29 is 17.9 Å². The number of rotatable bonds is 8. The molecular formula is C22H35F3IN5O. The van der Waals surface area contributed by atoms with E-state index in [9.17, 15) is 13.2 Å². The summed E-state index contributed by atoms with van der Waals surface area (Å²) in [5.74, 6) is 0.901. The van der Waals surface area contributed by atoms with Crippen molar-refractivity contribution >= 4 is 29.9 Å². The van der Waals surface area contributed by atoms with E-state index in [2.05, 4.69) is 33.7 Å². The van der Waals surface area contributed by atoms with Gasteiger partial charge in [-0.15, -0.1) is 24.0 Å². The van der Waals surface area contributed by atoms with E-state index in [-0.39, 0.29) is 29.9 Å². The van der Waals surface area contributed by atoms with Crippen molar-refractivity contribution in [3.63, 3.8) is 0 Å². The van der Waals surface area contributed by atoms with Gasteiger partial charge in [-0.2, -0.15) is 13.2 Å². The third-order valence-corrected chi connectivity index (χ3v) is 5.70. The van der Waals surface area contributed by atoms with Crippen LogP contribution >= 0.6 is 24.0 Å². The quantitative estimate of drug-likeness (QED) is 0.287. The van der Waals surface area contributed by atoms with E-state index in [0.717, 1.165) is 45.8 Å². The smallest absolute Gasteiger partial charge is 0.379 e. The van der Waals surface area contributed by atoms with E-state index in [4.69, 9.17) is 9.73 Å². The molecule has 0 saturated carbocycles. The van der Waals surface area contributed by atoms with Crippen LogP contribution in [0.1, 0.15) is 24.5 Å². The summed E-state index contributed by atoms with van der Waals surface area (Å²) in [5.41, 5.74) is 2.45. The summed E-state index contributed by atoms with van der Waals surface area (Å²) < 4.78 is 43.2. The maximum atomic E-state index is 12.6. The number of hydrogen-bond acceptors (Lipinski definition) is 4. The summed E-state index contributed by atoms with van der Waals surface area (Å²) in [6.45, 7) is 8.36. The molecule has 1 aromatic carbocycles. The fourth-order valence-corrected chi connectivity index (χ4v) is 4.09. The predicted octanol–water partition coefficient (Wildman–Crippen LogP) is 3.08. The average Bonchev–Trinajstić information content (AvgIpc) is 3.17. The highest BCUT2D eigenvalue weighted by atomic mass is 127. The van der Waals surface area contributed by atoms with Crippen LogP contribution in [0.2, 0.25) is 0 Å². The van der Waals surface area contributed by atoms with E-state index < -0.39 is 12.7 Å². The van der Waals surface area contributed by atoms with Crippen molar-refractivity contribution in [2.75, 3.05) is 59.0 Å². The van der Waals surface area contributed by atoms with Gasteiger partial charge in [0.1, 0.15) is 0 Å². The number of alkyl halides is 3. The zero-order chi connectivity index (χ0) is 22.1. The normalized spacial score (nSPS) is 20.8. The van der Waals surface area contributed by atoms with Crippen LogP contribution in [0.5, 0.6) is 0 Å². The molecule has 2 saturated heterocycles.